The van der Waals surface area contributed by atoms with Gasteiger partial charge in [0, 0.05) is 17.6 Å². The highest BCUT2D eigenvalue weighted by Crippen LogP contribution is 2.23. The fourth-order valence-corrected chi connectivity index (χ4v) is 3.36. The quantitative estimate of drug-likeness (QED) is 0.506. The van der Waals surface area contributed by atoms with E-state index in [0.717, 1.165) is 28.0 Å². The molecule has 0 amide bonds. The zero-order valence-corrected chi connectivity index (χ0v) is 15.6. The number of rotatable bonds is 3. The summed E-state index contributed by atoms with van der Waals surface area (Å²) in [6.45, 7) is 6.23. The molecule has 0 saturated heterocycles. The van der Waals surface area contributed by atoms with Crippen LogP contribution in [0.25, 0.3) is 28.4 Å². The molecule has 132 valence electrons. The Morgan fingerprint density at radius 3 is 2.63 bits per heavy atom. The molecule has 2 heterocycles. The van der Waals surface area contributed by atoms with E-state index >= 15 is 0 Å². The first-order chi connectivity index (χ1) is 13.0. The van der Waals surface area contributed by atoms with Crippen molar-refractivity contribution in [1.82, 2.24) is 14.5 Å². The van der Waals surface area contributed by atoms with Gasteiger partial charge in [-0.2, -0.15) is 5.26 Å². The molecule has 4 nitrogen and oxygen atoms in total. The van der Waals surface area contributed by atoms with E-state index in [0.29, 0.717) is 11.4 Å². The molecular weight excluding hydrogens is 332 g/mol. The summed E-state index contributed by atoms with van der Waals surface area (Å²) in [6.07, 6.45) is 3.89. The average molecular weight is 352 g/mol. The van der Waals surface area contributed by atoms with Crippen LogP contribution in [0.15, 0.2) is 54.7 Å². The van der Waals surface area contributed by atoms with Crippen LogP contribution in [-0.2, 0) is 0 Å². The van der Waals surface area contributed by atoms with Crippen molar-refractivity contribution in [2.75, 3.05) is 0 Å². The number of imidazole rings is 1. The lowest BCUT2D eigenvalue weighted by Gasteiger charge is -2.11. The first-order valence-electron chi connectivity index (χ1n) is 8.88. The Bertz CT molecular complexity index is 1210. The van der Waals surface area contributed by atoms with Crippen molar-refractivity contribution in [3.05, 3.63) is 82.9 Å². The Morgan fingerprint density at radius 2 is 1.85 bits per heavy atom. The largest absolute Gasteiger partial charge is 0.337 e. The molecule has 0 atom stereocenters. The molecule has 0 unspecified atom stereocenters. The number of H-pyrrole nitrogens is 1. The van der Waals surface area contributed by atoms with Crippen LogP contribution >= 0.6 is 0 Å². The van der Waals surface area contributed by atoms with Crippen LogP contribution in [0.2, 0.25) is 0 Å². The highest BCUT2D eigenvalue weighted by molar-refractivity contribution is 5.90. The molecule has 0 spiro atoms. The van der Waals surface area contributed by atoms with Crippen LogP contribution in [0.5, 0.6) is 0 Å². The third-order valence-electron chi connectivity index (χ3n) is 4.70. The number of fused-ring (bicyclic) bond motifs is 1. The zero-order valence-electron chi connectivity index (χ0n) is 15.6. The Hall–Kier alpha value is -3.58. The molecule has 2 aromatic carbocycles. The Labute approximate surface area is 158 Å². The molecule has 4 heteroatoms. The number of hydrogen-bond acceptors (Lipinski definition) is 2. The van der Waals surface area contributed by atoms with Crippen LogP contribution in [0, 0.1) is 32.1 Å². The first kappa shape index (κ1) is 16.9. The van der Waals surface area contributed by atoms with Gasteiger partial charge in [-0.3, -0.25) is 0 Å². The molecule has 0 radical (unpaired) electrons. The van der Waals surface area contributed by atoms with Gasteiger partial charge in [-0.15, -0.1) is 0 Å². The summed E-state index contributed by atoms with van der Waals surface area (Å²) in [5.41, 5.74) is 7.94. The van der Waals surface area contributed by atoms with E-state index in [2.05, 4.69) is 52.7 Å². The van der Waals surface area contributed by atoms with Gasteiger partial charge in [0.25, 0.3) is 0 Å². The summed E-state index contributed by atoms with van der Waals surface area (Å²) in [5.74, 6) is 0.589. The maximum Gasteiger partial charge on any atom is 0.149 e. The number of benzene rings is 2. The number of allylic oxidation sites excluding steroid dienone is 1. The van der Waals surface area contributed by atoms with Crippen LogP contribution in [0.4, 0.5) is 0 Å². The number of aromatic nitrogens is 3. The second kappa shape index (κ2) is 6.62. The van der Waals surface area contributed by atoms with Gasteiger partial charge in [-0.05, 0) is 68.3 Å². The number of hydrogen-bond donors (Lipinski definition) is 1. The van der Waals surface area contributed by atoms with E-state index in [1.54, 1.807) is 0 Å². The predicted molar refractivity (Wildman–Crippen MR) is 110 cm³/mol. The van der Waals surface area contributed by atoms with Crippen molar-refractivity contribution < 1.29 is 0 Å². The minimum absolute atomic E-state index is 0.508. The molecule has 0 bridgehead atoms. The molecule has 27 heavy (non-hydrogen) atoms. The van der Waals surface area contributed by atoms with E-state index in [1.807, 2.05) is 49.5 Å². The zero-order chi connectivity index (χ0) is 19.0. The second-order valence-electron chi connectivity index (χ2n) is 6.87. The monoisotopic (exact) mass is 352 g/mol. The van der Waals surface area contributed by atoms with Gasteiger partial charge in [-0.1, -0.05) is 23.8 Å². The van der Waals surface area contributed by atoms with Crippen LogP contribution in [0.3, 0.4) is 0 Å². The van der Waals surface area contributed by atoms with Crippen molar-refractivity contribution >= 4 is 22.7 Å². The minimum Gasteiger partial charge on any atom is -0.337 e. The fraction of sp³-hybridized carbons (Fsp3) is 0.130. The van der Waals surface area contributed by atoms with E-state index in [1.165, 1.54) is 11.1 Å². The number of nitriles is 1. The number of nitrogens with one attached hydrogen (secondary N) is 1. The molecule has 4 aromatic rings. The van der Waals surface area contributed by atoms with Gasteiger partial charge in [0.2, 0.25) is 0 Å². The summed E-state index contributed by atoms with van der Waals surface area (Å²) in [7, 11) is 0. The van der Waals surface area contributed by atoms with E-state index < -0.39 is 0 Å². The van der Waals surface area contributed by atoms with Crippen LogP contribution in [0.1, 0.15) is 28.2 Å². The normalized spacial score (nSPS) is 11.7. The summed E-state index contributed by atoms with van der Waals surface area (Å²) >= 11 is 0. The van der Waals surface area contributed by atoms with E-state index in [-0.39, 0.29) is 0 Å². The molecule has 0 aliphatic rings. The molecule has 0 fully saturated rings. The lowest BCUT2D eigenvalue weighted by atomic mass is 10.1. The highest BCUT2D eigenvalue weighted by atomic mass is 15.0. The van der Waals surface area contributed by atoms with Crippen LogP contribution < -0.4 is 0 Å². The van der Waals surface area contributed by atoms with Crippen molar-refractivity contribution in [3.63, 3.8) is 0 Å². The molecule has 0 aliphatic carbocycles. The molecule has 2 aromatic heterocycles. The number of aryl methyl sites for hydroxylation is 3. The smallest absolute Gasteiger partial charge is 0.149 e. The van der Waals surface area contributed by atoms with Crippen LogP contribution in [-0.4, -0.2) is 14.5 Å². The lowest BCUT2D eigenvalue weighted by Crippen LogP contribution is -1.98. The van der Waals surface area contributed by atoms with Crippen molar-refractivity contribution in [1.29, 1.82) is 5.26 Å². The summed E-state index contributed by atoms with van der Waals surface area (Å²) in [5, 5.41) is 9.72. The van der Waals surface area contributed by atoms with Gasteiger partial charge in [0.1, 0.15) is 11.9 Å². The van der Waals surface area contributed by atoms with Gasteiger partial charge in [-0.25, -0.2) is 4.98 Å². The third kappa shape index (κ3) is 3.16. The maximum absolute atomic E-state index is 9.72. The first-order valence-corrected chi connectivity index (χ1v) is 8.88. The summed E-state index contributed by atoms with van der Waals surface area (Å²) < 4.78 is 2.10. The lowest BCUT2D eigenvalue weighted by molar-refractivity contribution is 1.04. The Morgan fingerprint density at radius 1 is 1.07 bits per heavy atom. The average Bonchev–Trinajstić information content (AvgIpc) is 3.25. The SMILES string of the molecule is Cc1ccc(-n2cccc2C=C(C#N)c2nc3ccc(C)cc3[nH]2)c(C)c1. The van der Waals surface area contributed by atoms with E-state index in [4.69, 9.17) is 0 Å². The van der Waals surface area contributed by atoms with Gasteiger partial charge < -0.3 is 9.55 Å². The topological polar surface area (TPSA) is 57.4 Å². The fourth-order valence-electron chi connectivity index (χ4n) is 3.36. The van der Waals surface area contributed by atoms with Crippen molar-refractivity contribution in [3.8, 4) is 11.8 Å². The standard InChI is InChI=1S/C23H20N4/c1-15-7-9-22(17(3)11-15)27-10-4-5-19(27)13-18(14-24)23-25-20-8-6-16(2)12-21(20)26-23/h4-13H,1-3H3,(H,25,26). The molecule has 0 saturated carbocycles. The number of nitrogens with zero attached hydrogens (tertiary/aromatic N) is 3. The van der Waals surface area contributed by atoms with Gasteiger partial charge in [0.15, 0.2) is 0 Å². The third-order valence-corrected chi connectivity index (χ3v) is 4.70. The second-order valence-corrected chi connectivity index (χ2v) is 6.87. The highest BCUT2D eigenvalue weighted by Gasteiger charge is 2.11. The minimum atomic E-state index is 0.508. The van der Waals surface area contributed by atoms with Crippen molar-refractivity contribution in [2.24, 2.45) is 0 Å². The van der Waals surface area contributed by atoms with E-state index in [9.17, 15) is 5.26 Å². The Kier molecular flexibility index (Phi) is 4.13. The molecule has 0 aliphatic heterocycles. The van der Waals surface area contributed by atoms with Gasteiger partial charge >= 0.3 is 0 Å². The van der Waals surface area contributed by atoms with Crippen molar-refractivity contribution in [2.45, 2.75) is 20.8 Å². The summed E-state index contributed by atoms with van der Waals surface area (Å²) in [6, 6.07) is 18.7. The Balaban J connectivity index is 1.80. The molecular formula is C23H20N4. The predicted octanol–water partition coefficient (Wildman–Crippen LogP) is 5.34. The summed E-state index contributed by atoms with van der Waals surface area (Å²) in [4.78, 5) is 7.85. The molecule has 4 rings (SSSR count). The maximum atomic E-state index is 9.72. The van der Waals surface area contributed by atoms with Gasteiger partial charge in [0.05, 0.1) is 16.6 Å². The molecule has 1 N–H and O–H groups in total. The number of aromatic amines is 1.